The van der Waals surface area contributed by atoms with Crippen LogP contribution < -0.4 is 10.6 Å². The lowest BCUT2D eigenvalue weighted by atomic mass is 9.92. The molecule has 0 unspecified atom stereocenters. The van der Waals surface area contributed by atoms with Gasteiger partial charge in [0.1, 0.15) is 18.8 Å². The molecule has 0 aromatic carbocycles. The summed E-state index contributed by atoms with van der Waals surface area (Å²) < 4.78 is 41.2. The molecule has 6 atom stereocenters. The van der Waals surface area contributed by atoms with Gasteiger partial charge in [0.15, 0.2) is 5.78 Å². The van der Waals surface area contributed by atoms with Crippen molar-refractivity contribution in [1.82, 2.24) is 15.5 Å². The first-order chi connectivity index (χ1) is 16.4. The molecule has 2 saturated heterocycles. The number of amides is 3. The van der Waals surface area contributed by atoms with Gasteiger partial charge in [0.2, 0.25) is 11.8 Å². The summed E-state index contributed by atoms with van der Waals surface area (Å²) in [4.78, 5) is 52.4. The van der Waals surface area contributed by atoms with Gasteiger partial charge < -0.3 is 20.6 Å². The summed E-state index contributed by atoms with van der Waals surface area (Å²) in [7, 11) is 0. The zero-order valence-electron chi connectivity index (χ0n) is 20.0. The summed E-state index contributed by atoms with van der Waals surface area (Å²) in [6.07, 6.45) is -3.46. The second-order valence-corrected chi connectivity index (χ2v) is 10.2. The van der Waals surface area contributed by atoms with Crippen LogP contribution in [0.2, 0.25) is 0 Å². The first-order valence-electron chi connectivity index (χ1n) is 12.2. The van der Waals surface area contributed by atoms with Gasteiger partial charge in [-0.25, -0.2) is 0 Å². The highest BCUT2D eigenvalue weighted by Gasteiger charge is 2.51. The van der Waals surface area contributed by atoms with Crippen LogP contribution in [0.25, 0.3) is 0 Å². The van der Waals surface area contributed by atoms with E-state index in [-0.39, 0.29) is 36.5 Å². The smallest absolute Gasteiger partial charge is 0.383 e. The molecular formula is C23H34F3N3O6. The molecule has 12 heteroatoms. The summed E-state index contributed by atoms with van der Waals surface area (Å²) >= 11 is 0. The topological polar surface area (TPSA) is 125 Å². The van der Waals surface area contributed by atoms with Gasteiger partial charge in [-0.3, -0.25) is 23.9 Å². The van der Waals surface area contributed by atoms with Crippen molar-refractivity contribution in [3.8, 4) is 0 Å². The molecule has 3 amide bonds. The number of aliphatic hydroxyl groups excluding tert-OH is 1. The summed E-state index contributed by atoms with van der Waals surface area (Å²) in [5.74, 6) is -3.24. The number of hydrogen-bond acceptors (Lipinski definition) is 6. The highest BCUT2D eigenvalue weighted by molar-refractivity contribution is 5.95. The minimum atomic E-state index is -5.02. The standard InChI is InChI=1S/C23H34F3N3O6/c1-12(2)8-17(30)22(34)29-10-14-4-3-5-15(14)19(29)21(33)28-16(9-13-6-7-27-20(13)32)18(31)11-35-23(24,25)26/h12-17,19,30H,3-11H2,1-2H3,(H,27,32)(H,28,33)/t13-,14-,15-,16-,17+,19-/m0/s1. The zero-order valence-corrected chi connectivity index (χ0v) is 20.0. The molecule has 0 radical (unpaired) electrons. The van der Waals surface area contributed by atoms with Crippen LogP contribution in [0.1, 0.15) is 52.4 Å². The molecular weight excluding hydrogens is 471 g/mol. The van der Waals surface area contributed by atoms with Crippen LogP contribution in [0.5, 0.6) is 0 Å². The van der Waals surface area contributed by atoms with Crippen LogP contribution in [-0.2, 0) is 23.9 Å². The van der Waals surface area contributed by atoms with E-state index >= 15 is 0 Å². The first kappa shape index (κ1) is 27.4. The Hall–Kier alpha value is -2.21. The SMILES string of the molecule is CC(C)C[C@@H](O)C(=O)N1C[C@@H]2CCC[C@@H]2[C@H]1C(=O)N[C@@H](C[C@@H]1CCNC1=O)C(=O)COC(F)(F)F. The van der Waals surface area contributed by atoms with Crippen LogP contribution in [0.3, 0.4) is 0 Å². The van der Waals surface area contributed by atoms with Crippen molar-refractivity contribution in [2.45, 2.75) is 76.9 Å². The van der Waals surface area contributed by atoms with Gasteiger partial charge >= 0.3 is 6.36 Å². The van der Waals surface area contributed by atoms with Gasteiger partial charge in [0, 0.05) is 19.0 Å². The Kier molecular flexibility index (Phi) is 8.79. The Balaban J connectivity index is 1.77. The molecule has 3 fully saturated rings. The second kappa shape index (κ2) is 11.2. The van der Waals surface area contributed by atoms with Crippen molar-refractivity contribution < 1.29 is 42.2 Å². The molecule has 3 N–H and O–H groups in total. The Morgan fingerprint density at radius 3 is 2.54 bits per heavy atom. The fraction of sp³-hybridized carbons (Fsp3) is 0.826. The van der Waals surface area contributed by atoms with Crippen LogP contribution in [-0.4, -0.2) is 77.8 Å². The minimum absolute atomic E-state index is 0.0523. The van der Waals surface area contributed by atoms with Gasteiger partial charge in [0.05, 0.1) is 6.04 Å². The van der Waals surface area contributed by atoms with E-state index in [0.717, 1.165) is 12.8 Å². The van der Waals surface area contributed by atoms with Crippen molar-refractivity contribution >= 4 is 23.5 Å². The lowest BCUT2D eigenvalue weighted by molar-refractivity contribution is -0.321. The van der Waals surface area contributed by atoms with Crippen LogP contribution >= 0.6 is 0 Å². The van der Waals surface area contributed by atoms with Gasteiger partial charge in [-0.15, -0.1) is 13.2 Å². The number of ether oxygens (including phenoxy) is 1. The summed E-state index contributed by atoms with van der Waals surface area (Å²) in [5.41, 5.74) is 0. The Morgan fingerprint density at radius 2 is 1.94 bits per heavy atom. The van der Waals surface area contributed by atoms with Gasteiger partial charge in [0.25, 0.3) is 5.91 Å². The minimum Gasteiger partial charge on any atom is -0.383 e. The molecule has 0 aromatic rings. The highest BCUT2D eigenvalue weighted by Crippen LogP contribution is 2.42. The average molecular weight is 506 g/mol. The monoisotopic (exact) mass is 505 g/mol. The van der Waals surface area contributed by atoms with E-state index in [1.54, 1.807) is 0 Å². The lowest BCUT2D eigenvalue weighted by Crippen LogP contribution is -2.55. The van der Waals surface area contributed by atoms with Crippen molar-refractivity contribution in [3.05, 3.63) is 0 Å². The van der Waals surface area contributed by atoms with E-state index < -0.39 is 54.7 Å². The first-order valence-corrected chi connectivity index (χ1v) is 12.2. The number of alkyl halides is 3. The van der Waals surface area contributed by atoms with E-state index in [4.69, 9.17) is 0 Å². The van der Waals surface area contributed by atoms with E-state index in [2.05, 4.69) is 15.4 Å². The molecule has 2 aliphatic heterocycles. The molecule has 3 rings (SSSR count). The predicted molar refractivity (Wildman–Crippen MR) is 116 cm³/mol. The maximum atomic E-state index is 13.4. The van der Waals surface area contributed by atoms with Crippen molar-refractivity contribution in [2.24, 2.45) is 23.7 Å². The summed E-state index contributed by atoms with van der Waals surface area (Å²) in [5, 5.41) is 15.5. The van der Waals surface area contributed by atoms with Crippen molar-refractivity contribution in [2.75, 3.05) is 19.7 Å². The molecule has 1 saturated carbocycles. The van der Waals surface area contributed by atoms with E-state index in [0.29, 0.717) is 25.9 Å². The molecule has 2 heterocycles. The molecule has 0 spiro atoms. The van der Waals surface area contributed by atoms with Crippen molar-refractivity contribution in [3.63, 3.8) is 0 Å². The number of aliphatic hydroxyl groups is 1. The van der Waals surface area contributed by atoms with Gasteiger partial charge in [-0.1, -0.05) is 20.3 Å². The Morgan fingerprint density at radius 1 is 1.23 bits per heavy atom. The van der Waals surface area contributed by atoms with Crippen LogP contribution in [0.15, 0.2) is 0 Å². The molecule has 3 aliphatic rings. The number of ketones is 1. The van der Waals surface area contributed by atoms with Crippen LogP contribution in [0, 0.1) is 23.7 Å². The number of hydrogen-bond donors (Lipinski definition) is 3. The van der Waals surface area contributed by atoms with Crippen molar-refractivity contribution in [1.29, 1.82) is 0 Å². The quantitative estimate of drug-likeness (QED) is 0.409. The van der Waals surface area contributed by atoms with E-state index in [1.807, 2.05) is 13.8 Å². The molecule has 9 nitrogen and oxygen atoms in total. The molecule has 0 bridgehead atoms. The molecule has 35 heavy (non-hydrogen) atoms. The number of rotatable bonds is 10. The lowest BCUT2D eigenvalue weighted by Gasteiger charge is -2.31. The summed E-state index contributed by atoms with van der Waals surface area (Å²) in [6, 6.07) is -2.32. The zero-order chi connectivity index (χ0) is 25.9. The Bertz CT molecular complexity index is 821. The maximum Gasteiger partial charge on any atom is 0.522 e. The van der Waals surface area contributed by atoms with Gasteiger partial charge in [-0.05, 0) is 49.9 Å². The number of nitrogens with one attached hydrogen (secondary N) is 2. The average Bonchev–Trinajstić information content (AvgIpc) is 3.46. The van der Waals surface area contributed by atoms with E-state index in [1.165, 1.54) is 4.90 Å². The summed E-state index contributed by atoms with van der Waals surface area (Å²) in [6.45, 7) is 3.10. The number of carbonyl (C=O) groups excluding carboxylic acids is 4. The number of halogens is 3. The predicted octanol–water partition coefficient (Wildman–Crippen LogP) is 1.14. The third-order valence-electron chi connectivity index (χ3n) is 7.19. The number of likely N-dealkylation sites (tertiary alicyclic amines) is 1. The largest absolute Gasteiger partial charge is 0.522 e. The third-order valence-corrected chi connectivity index (χ3v) is 7.19. The van der Waals surface area contributed by atoms with E-state index in [9.17, 15) is 37.5 Å². The third kappa shape index (κ3) is 6.93. The number of Topliss-reactive ketones (excluding diaryl/α,β-unsaturated/α-hetero) is 1. The Labute approximate surface area is 202 Å². The van der Waals surface area contributed by atoms with Crippen LogP contribution in [0.4, 0.5) is 13.2 Å². The molecule has 198 valence electrons. The number of nitrogens with zero attached hydrogens (tertiary/aromatic N) is 1. The second-order valence-electron chi connectivity index (χ2n) is 10.2. The maximum absolute atomic E-state index is 13.4. The molecule has 0 aromatic heterocycles. The number of carbonyl (C=O) groups is 4. The molecule has 1 aliphatic carbocycles. The fourth-order valence-corrected chi connectivity index (χ4v) is 5.54. The normalized spacial score (nSPS) is 28.1. The fourth-order valence-electron chi connectivity index (χ4n) is 5.54. The number of fused-ring (bicyclic) bond motifs is 1. The van der Waals surface area contributed by atoms with Gasteiger partial charge in [-0.2, -0.15) is 0 Å². The highest BCUT2D eigenvalue weighted by atomic mass is 19.4.